The number of rotatable bonds is 9. The maximum atomic E-state index is 12.0. The highest BCUT2D eigenvalue weighted by atomic mass is 16.6. The molecule has 0 bridgehead atoms. The lowest BCUT2D eigenvalue weighted by molar-refractivity contribution is -0.159. The van der Waals surface area contributed by atoms with Gasteiger partial charge in [-0.2, -0.15) is 0 Å². The summed E-state index contributed by atoms with van der Waals surface area (Å²) in [6.07, 6.45) is 2.79. The SMILES string of the molecule is [B]C(C)(C)C(CC)C(=O)OCC(C)(C)OCCCC. The Labute approximate surface area is 119 Å². The third-order valence-electron chi connectivity index (χ3n) is 3.14. The summed E-state index contributed by atoms with van der Waals surface area (Å²) >= 11 is 0. The third-order valence-corrected chi connectivity index (χ3v) is 3.14. The van der Waals surface area contributed by atoms with Gasteiger partial charge in [-0.3, -0.25) is 4.79 Å². The predicted octanol–water partition coefficient (Wildman–Crippen LogP) is 3.52. The standard InChI is InChI=1S/C15H29BO3/c1-7-9-10-19-14(3,4)11-18-13(17)12(8-2)15(5,6)16/h12H,7-11H2,1-6H3. The molecule has 19 heavy (non-hydrogen) atoms. The van der Waals surface area contributed by atoms with Crippen LogP contribution in [0.4, 0.5) is 0 Å². The van der Waals surface area contributed by atoms with E-state index in [0.717, 1.165) is 12.8 Å². The zero-order chi connectivity index (χ0) is 15.1. The maximum absolute atomic E-state index is 12.0. The third kappa shape index (κ3) is 7.61. The molecule has 0 aromatic carbocycles. The predicted molar refractivity (Wildman–Crippen MR) is 79.5 cm³/mol. The summed E-state index contributed by atoms with van der Waals surface area (Å²) in [7, 11) is 6.00. The zero-order valence-corrected chi connectivity index (χ0v) is 13.4. The molecule has 2 radical (unpaired) electrons. The molecule has 0 saturated carbocycles. The van der Waals surface area contributed by atoms with Crippen molar-refractivity contribution in [2.75, 3.05) is 13.2 Å². The molecule has 0 spiro atoms. The largest absolute Gasteiger partial charge is 0.462 e. The van der Waals surface area contributed by atoms with Crippen molar-refractivity contribution in [1.29, 1.82) is 0 Å². The lowest BCUT2D eigenvalue weighted by Gasteiger charge is -2.30. The summed E-state index contributed by atoms with van der Waals surface area (Å²) in [5.74, 6) is -0.513. The van der Waals surface area contributed by atoms with Gasteiger partial charge in [0.1, 0.15) is 6.61 Å². The number of carbonyl (C=O) groups is 1. The smallest absolute Gasteiger partial charge is 0.308 e. The molecule has 0 heterocycles. The van der Waals surface area contributed by atoms with Crippen molar-refractivity contribution in [3.8, 4) is 0 Å². The molecule has 4 heteroatoms. The van der Waals surface area contributed by atoms with Crippen LogP contribution in [0.1, 0.15) is 60.8 Å². The molecule has 0 aromatic rings. The molecular weight excluding hydrogens is 239 g/mol. The van der Waals surface area contributed by atoms with Crippen molar-refractivity contribution in [1.82, 2.24) is 0 Å². The Morgan fingerprint density at radius 3 is 2.21 bits per heavy atom. The topological polar surface area (TPSA) is 35.5 Å². The van der Waals surface area contributed by atoms with Crippen LogP contribution in [0.15, 0.2) is 0 Å². The first-order chi connectivity index (χ1) is 8.64. The molecule has 1 atom stereocenters. The van der Waals surface area contributed by atoms with Gasteiger partial charge in [-0.25, -0.2) is 0 Å². The van der Waals surface area contributed by atoms with Crippen molar-refractivity contribution >= 4 is 13.8 Å². The van der Waals surface area contributed by atoms with Gasteiger partial charge in [0, 0.05) is 6.61 Å². The van der Waals surface area contributed by atoms with E-state index in [-0.39, 0.29) is 18.5 Å². The van der Waals surface area contributed by atoms with Gasteiger partial charge in [0.2, 0.25) is 0 Å². The first-order valence-corrected chi connectivity index (χ1v) is 7.23. The number of ether oxygens (including phenoxy) is 2. The van der Waals surface area contributed by atoms with Crippen molar-refractivity contribution in [2.24, 2.45) is 5.92 Å². The second-order valence-electron chi connectivity index (χ2n) is 6.35. The molecule has 0 aliphatic heterocycles. The fourth-order valence-corrected chi connectivity index (χ4v) is 1.88. The van der Waals surface area contributed by atoms with Gasteiger partial charge in [0.25, 0.3) is 0 Å². The summed E-state index contributed by atoms with van der Waals surface area (Å²) < 4.78 is 11.1. The molecule has 1 unspecified atom stereocenters. The molecular formula is C15H29BO3. The first-order valence-electron chi connectivity index (χ1n) is 7.23. The Morgan fingerprint density at radius 1 is 1.21 bits per heavy atom. The average molecular weight is 268 g/mol. The Hall–Kier alpha value is -0.505. The van der Waals surface area contributed by atoms with Crippen LogP contribution in [-0.4, -0.2) is 32.6 Å². The Kier molecular flexibility index (Phi) is 7.72. The van der Waals surface area contributed by atoms with E-state index in [2.05, 4.69) is 6.92 Å². The number of hydrogen-bond acceptors (Lipinski definition) is 3. The summed E-state index contributed by atoms with van der Waals surface area (Å²) in [4.78, 5) is 12.0. The van der Waals surface area contributed by atoms with Crippen LogP contribution in [0, 0.1) is 5.92 Å². The molecule has 0 aliphatic rings. The Balaban J connectivity index is 4.26. The van der Waals surface area contributed by atoms with Crippen LogP contribution in [0.3, 0.4) is 0 Å². The lowest BCUT2D eigenvalue weighted by atomic mass is 9.62. The van der Waals surface area contributed by atoms with Crippen molar-refractivity contribution in [3.63, 3.8) is 0 Å². The van der Waals surface area contributed by atoms with Crippen LogP contribution in [0.2, 0.25) is 5.31 Å². The summed E-state index contributed by atoms with van der Waals surface area (Å²) in [5, 5.41) is -0.557. The van der Waals surface area contributed by atoms with Crippen LogP contribution in [0.25, 0.3) is 0 Å². The minimum Gasteiger partial charge on any atom is -0.462 e. The summed E-state index contributed by atoms with van der Waals surface area (Å²) in [6.45, 7) is 12.6. The normalized spacial score (nSPS) is 14.2. The highest BCUT2D eigenvalue weighted by Gasteiger charge is 2.31. The van der Waals surface area contributed by atoms with E-state index in [1.807, 2.05) is 34.6 Å². The molecule has 110 valence electrons. The van der Waals surface area contributed by atoms with E-state index in [9.17, 15) is 4.79 Å². The minimum absolute atomic E-state index is 0.234. The first kappa shape index (κ1) is 18.5. The number of carbonyl (C=O) groups excluding carboxylic acids is 1. The maximum Gasteiger partial charge on any atom is 0.308 e. The molecule has 3 nitrogen and oxygen atoms in total. The second-order valence-corrected chi connectivity index (χ2v) is 6.35. The molecule has 0 saturated heterocycles. The van der Waals surface area contributed by atoms with Crippen LogP contribution < -0.4 is 0 Å². The lowest BCUT2D eigenvalue weighted by Crippen LogP contribution is -2.35. The van der Waals surface area contributed by atoms with Crippen molar-refractivity contribution in [2.45, 2.75) is 71.7 Å². The van der Waals surface area contributed by atoms with Crippen LogP contribution >= 0.6 is 0 Å². The summed E-state index contributed by atoms with van der Waals surface area (Å²) in [6, 6.07) is 0. The summed E-state index contributed by atoms with van der Waals surface area (Å²) in [5.41, 5.74) is -0.443. The average Bonchev–Trinajstić information content (AvgIpc) is 2.26. The number of unbranched alkanes of at least 4 members (excludes halogenated alkanes) is 1. The second kappa shape index (κ2) is 7.93. The monoisotopic (exact) mass is 268 g/mol. The van der Waals surface area contributed by atoms with Crippen LogP contribution in [0.5, 0.6) is 0 Å². The van der Waals surface area contributed by atoms with Gasteiger partial charge in [0.15, 0.2) is 0 Å². The van der Waals surface area contributed by atoms with E-state index >= 15 is 0 Å². The van der Waals surface area contributed by atoms with E-state index < -0.39 is 10.9 Å². The van der Waals surface area contributed by atoms with E-state index in [1.165, 1.54) is 0 Å². The molecule has 0 N–H and O–H groups in total. The fourth-order valence-electron chi connectivity index (χ4n) is 1.88. The molecule has 0 aromatic heterocycles. The minimum atomic E-state index is -0.557. The van der Waals surface area contributed by atoms with Crippen LogP contribution in [-0.2, 0) is 14.3 Å². The highest BCUT2D eigenvalue weighted by Crippen LogP contribution is 2.34. The number of hydrogen-bond donors (Lipinski definition) is 0. The quantitative estimate of drug-likeness (QED) is 0.364. The van der Waals surface area contributed by atoms with E-state index in [1.54, 1.807) is 0 Å². The van der Waals surface area contributed by atoms with E-state index in [0.29, 0.717) is 13.0 Å². The van der Waals surface area contributed by atoms with Gasteiger partial charge in [0.05, 0.1) is 19.4 Å². The van der Waals surface area contributed by atoms with Gasteiger partial charge in [-0.15, -0.1) is 0 Å². The van der Waals surface area contributed by atoms with Crippen molar-refractivity contribution in [3.05, 3.63) is 0 Å². The molecule has 0 amide bonds. The molecule has 0 fully saturated rings. The molecule has 0 rings (SSSR count). The molecule has 0 aliphatic carbocycles. The van der Waals surface area contributed by atoms with E-state index in [4.69, 9.17) is 17.3 Å². The van der Waals surface area contributed by atoms with Gasteiger partial charge >= 0.3 is 5.97 Å². The zero-order valence-electron chi connectivity index (χ0n) is 13.4. The fraction of sp³-hybridized carbons (Fsp3) is 0.933. The Morgan fingerprint density at radius 2 is 1.79 bits per heavy atom. The Bertz CT molecular complexity index is 269. The highest BCUT2D eigenvalue weighted by molar-refractivity contribution is 6.16. The van der Waals surface area contributed by atoms with Gasteiger partial charge in [-0.05, 0) is 26.7 Å². The van der Waals surface area contributed by atoms with Gasteiger partial charge < -0.3 is 9.47 Å². The van der Waals surface area contributed by atoms with Crippen molar-refractivity contribution < 1.29 is 14.3 Å². The van der Waals surface area contributed by atoms with Gasteiger partial charge in [-0.1, -0.05) is 39.4 Å². The number of esters is 1.